The van der Waals surface area contributed by atoms with Crippen LogP contribution in [0.4, 0.5) is 17.3 Å². The number of aliphatic imine (C=N–C) groups is 1. The Labute approximate surface area is 168 Å². The van der Waals surface area contributed by atoms with Crippen LogP contribution in [0.2, 0.25) is 0 Å². The lowest BCUT2D eigenvalue weighted by atomic mass is 9.93. The molecule has 1 aliphatic rings. The average molecular weight is 388 g/mol. The van der Waals surface area contributed by atoms with Crippen molar-refractivity contribution in [2.24, 2.45) is 4.99 Å². The zero-order valence-electron chi connectivity index (χ0n) is 15.9. The fourth-order valence-corrected chi connectivity index (χ4v) is 3.20. The fraction of sp³-hybridized carbons (Fsp3) is 0.200. The van der Waals surface area contributed by atoms with Gasteiger partial charge in [0.25, 0.3) is 0 Å². The van der Waals surface area contributed by atoms with Crippen LogP contribution in [-0.2, 0) is 6.42 Å². The average Bonchev–Trinajstić information content (AvgIpc) is 2.69. The largest absolute Gasteiger partial charge is 0.494 e. The highest BCUT2D eigenvalue weighted by Gasteiger charge is 2.30. The number of nitrogen functional groups attached to an aromatic ring is 2. The normalized spacial score (nSPS) is 14.4. The van der Waals surface area contributed by atoms with Crippen LogP contribution in [0.3, 0.4) is 0 Å². The van der Waals surface area contributed by atoms with Gasteiger partial charge in [-0.2, -0.15) is 10.5 Å². The van der Waals surface area contributed by atoms with Gasteiger partial charge < -0.3 is 21.5 Å². The molecule has 2 heterocycles. The van der Waals surface area contributed by atoms with E-state index in [1.54, 1.807) is 6.08 Å². The van der Waals surface area contributed by atoms with Gasteiger partial charge in [0.1, 0.15) is 35.1 Å². The first-order valence-corrected chi connectivity index (χ1v) is 8.89. The number of fused-ring (bicyclic) bond motifs is 1. The van der Waals surface area contributed by atoms with Gasteiger partial charge in [-0.25, -0.2) is 9.98 Å². The van der Waals surface area contributed by atoms with Gasteiger partial charge in [0.15, 0.2) is 6.19 Å². The third kappa shape index (κ3) is 3.62. The summed E-state index contributed by atoms with van der Waals surface area (Å²) in [4.78, 5) is 8.81. The molecule has 0 amide bonds. The summed E-state index contributed by atoms with van der Waals surface area (Å²) in [5, 5.41) is 23.8. The fourth-order valence-electron chi connectivity index (χ4n) is 3.20. The maximum absolute atomic E-state index is 9.41. The summed E-state index contributed by atoms with van der Waals surface area (Å²) in [7, 11) is 0. The molecule has 0 saturated carbocycles. The number of benzene rings is 1. The number of nitrogens with one attached hydrogen (secondary N) is 2. The molecule has 1 aliphatic heterocycles. The SMILES string of the molecule is C=CCc1cc(C2N=C(NC#N)Nc3nc(N)c(C#N)c(N)c32)ccc1OCC. The van der Waals surface area contributed by atoms with E-state index in [2.05, 4.69) is 27.2 Å². The number of guanidine groups is 1. The molecule has 6 N–H and O–H groups in total. The van der Waals surface area contributed by atoms with Gasteiger partial charge >= 0.3 is 0 Å². The van der Waals surface area contributed by atoms with Crippen molar-refractivity contribution < 1.29 is 4.74 Å². The van der Waals surface area contributed by atoms with E-state index >= 15 is 0 Å². The first-order chi connectivity index (χ1) is 14.0. The number of aromatic nitrogens is 1. The summed E-state index contributed by atoms with van der Waals surface area (Å²) >= 11 is 0. The lowest BCUT2D eigenvalue weighted by molar-refractivity contribution is 0.337. The number of allylic oxidation sites excluding steroid dienone is 1. The van der Waals surface area contributed by atoms with E-state index in [4.69, 9.17) is 21.5 Å². The Kier molecular flexibility index (Phi) is 5.51. The molecular formula is C20H20N8O. The Morgan fingerprint density at radius 2 is 2.17 bits per heavy atom. The summed E-state index contributed by atoms with van der Waals surface area (Å²) < 4.78 is 5.69. The number of nitrogens with two attached hydrogens (primary N) is 2. The topological polar surface area (TPSA) is 158 Å². The van der Waals surface area contributed by atoms with Crippen LogP contribution in [0.1, 0.15) is 35.2 Å². The molecule has 146 valence electrons. The molecule has 0 fully saturated rings. The Balaban J connectivity index is 2.21. The molecule has 1 atom stereocenters. The number of nitrogens with zero attached hydrogens (tertiary/aromatic N) is 4. The monoisotopic (exact) mass is 388 g/mol. The van der Waals surface area contributed by atoms with Gasteiger partial charge in [-0.1, -0.05) is 12.1 Å². The molecule has 0 spiro atoms. The third-order valence-electron chi connectivity index (χ3n) is 4.42. The van der Waals surface area contributed by atoms with Crippen LogP contribution in [0.15, 0.2) is 35.8 Å². The zero-order valence-corrected chi connectivity index (χ0v) is 15.9. The second-order valence-corrected chi connectivity index (χ2v) is 6.19. The summed E-state index contributed by atoms with van der Waals surface area (Å²) in [6, 6.07) is 7.07. The summed E-state index contributed by atoms with van der Waals surface area (Å²) in [5.74, 6) is 1.31. The van der Waals surface area contributed by atoms with Crippen molar-refractivity contribution in [1.29, 1.82) is 10.5 Å². The molecule has 9 nitrogen and oxygen atoms in total. The highest BCUT2D eigenvalue weighted by atomic mass is 16.5. The number of hydrogen-bond acceptors (Lipinski definition) is 9. The molecular weight excluding hydrogens is 368 g/mol. The molecule has 29 heavy (non-hydrogen) atoms. The number of anilines is 3. The van der Waals surface area contributed by atoms with E-state index in [-0.39, 0.29) is 23.0 Å². The van der Waals surface area contributed by atoms with Crippen LogP contribution < -0.4 is 26.8 Å². The maximum atomic E-state index is 9.41. The Morgan fingerprint density at radius 1 is 1.38 bits per heavy atom. The van der Waals surface area contributed by atoms with Crippen molar-refractivity contribution in [2.75, 3.05) is 23.4 Å². The van der Waals surface area contributed by atoms with Crippen molar-refractivity contribution >= 4 is 23.3 Å². The van der Waals surface area contributed by atoms with Gasteiger partial charge in [-0.3, -0.25) is 5.32 Å². The van der Waals surface area contributed by atoms with E-state index in [1.807, 2.05) is 37.4 Å². The van der Waals surface area contributed by atoms with E-state index in [0.29, 0.717) is 24.4 Å². The van der Waals surface area contributed by atoms with Crippen molar-refractivity contribution in [3.8, 4) is 18.0 Å². The molecule has 9 heteroatoms. The van der Waals surface area contributed by atoms with Gasteiger partial charge in [0, 0.05) is 5.56 Å². The van der Waals surface area contributed by atoms with Crippen LogP contribution in [0.25, 0.3) is 0 Å². The number of pyridine rings is 1. The van der Waals surface area contributed by atoms with Crippen LogP contribution in [0.5, 0.6) is 5.75 Å². The van der Waals surface area contributed by atoms with Gasteiger partial charge in [-0.15, -0.1) is 6.58 Å². The lowest BCUT2D eigenvalue weighted by Crippen LogP contribution is -2.32. The molecule has 0 aliphatic carbocycles. The number of rotatable bonds is 5. The van der Waals surface area contributed by atoms with E-state index < -0.39 is 6.04 Å². The van der Waals surface area contributed by atoms with E-state index in [1.165, 1.54) is 0 Å². The zero-order chi connectivity index (χ0) is 21.0. The molecule has 0 bridgehead atoms. The minimum absolute atomic E-state index is 0.00671. The summed E-state index contributed by atoms with van der Waals surface area (Å²) in [6.07, 6.45) is 4.22. The smallest absolute Gasteiger partial charge is 0.211 e. The molecule has 1 unspecified atom stereocenters. The van der Waals surface area contributed by atoms with Crippen LogP contribution in [-0.4, -0.2) is 17.6 Å². The van der Waals surface area contributed by atoms with Crippen LogP contribution >= 0.6 is 0 Å². The first kappa shape index (κ1) is 19.5. The predicted octanol–water partition coefficient (Wildman–Crippen LogP) is 2.19. The highest BCUT2D eigenvalue weighted by molar-refractivity contribution is 5.98. The lowest BCUT2D eigenvalue weighted by Gasteiger charge is -2.26. The Morgan fingerprint density at radius 3 is 2.83 bits per heavy atom. The van der Waals surface area contributed by atoms with Crippen molar-refractivity contribution in [3.63, 3.8) is 0 Å². The number of nitriles is 2. The summed E-state index contributed by atoms with van der Waals surface area (Å²) in [5.41, 5.74) is 14.7. The molecule has 1 aromatic carbocycles. The number of ether oxygens (including phenoxy) is 1. The molecule has 2 aromatic rings. The third-order valence-corrected chi connectivity index (χ3v) is 4.42. The van der Waals surface area contributed by atoms with Crippen molar-refractivity contribution in [1.82, 2.24) is 10.3 Å². The van der Waals surface area contributed by atoms with Gasteiger partial charge in [0.2, 0.25) is 5.96 Å². The standard InChI is InChI=1S/C20H20N8O/c1-3-5-11-8-12(6-7-14(11)29-4-2)17-15-16(23)13(9-21)18(24)27-19(15)28-20(26-17)25-10-22/h3,6-8,17H,1,4-5H2,2H3,(H6,23,24,25,26,27,28). The number of hydrogen-bond donors (Lipinski definition) is 4. The molecule has 1 aromatic heterocycles. The Bertz CT molecular complexity index is 1080. The molecule has 3 rings (SSSR count). The van der Waals surface area contributed by atoms with Crippen molar-refractivity contribution in [2.45, 2.75) is 19.4 Å². The van der Waals surface area contributed by atoms with Gasteiger partial charge in [0.05, 0.1) is 12.3 Å². The maximum Gasteiger partial charge on any atom is 0.211 e. The minimum Gasteiger partial charge on any atom is -0.494 e. The highest BCUT2D eigenvalue weighted by Crippen LogP contribution is 2.41. The molecule has 0 saturated heterocycles. The van der Waals surface area contributed by atoms with Crippen LogP contribution in [0, 0.1) is 22.8 Å². The Hall–Kier alpha value is -4.24. The van der Waals surface area contributed by atoms with E-state index in [9.17, 15) is 5.26 Å². The first-order valence-electron chi connectivity index (χ1n) is 8.89. The second-order valence-electron chi connectivity index (χ2n) is 6.19. The van der Waals surface area contributed by atoms with Crippen molar-refractivity contribution in [3.05, 3.63) is 53.1 Å². The second kappa shape index (κ2) is 8.19. The quantitative estimate of drug-likeness (QED) is 0.345. The molecule has 0 radical (unpaired) electrons. The summed E-state index contributed by atoms with van der Waals surface area (Å²) in [6.45, 7) is 6.25. The minimum atomic E-state index is -0.596. The predicted molar refractivity (Wildman–Crippen MR) is 111 cm³/mol. The van der Waals surface area contributed by atoms with Gasteiger partial charge in [-0.05, 0) is 36.6 Å². The van der Waals surface area contributed by atoms with E-state index in [0.717, 1.165) is 16.9 Å².